The first-order valence-electron chi connectivity index (χ1n) is 38.1. The van der Waals surface area contributed by atoms with Crippen molar-refractivity contribution in [1.29, 1.82) is 0 Å². The molecular formula is C75H121Cl2F3N12O12. The van der Waals surface area contributed by atoms with E-state index in [-0.39, 0.29) is 107 Å². The Kier molecular flexibility index (Phi) is 31.7. The fourth-order valence-corrected chi connectivity index (χ4v) is 17.4. The second kappa shape index (κ2) is 38.0. The van der Waals surface area contributed by atoms with Crippen molar-refractivity contribution in [2.24, 2.45) is 35.0 Å². The first-order chi connectivity index (χ1) is 48.8. The van der Waals surface area contributed by atoms with E-state index in [4.69, 9.17) is 23.2 Å². The zero-order valence-electron chi connectivity index (χ0n) is 64.4. The van der Waals surface area contributed by atoms with Gasteiger partial charge in [-0.05, 0) is 138 Å². The minimum Gasteiger partial charge on any atom is -0.347 e. The standard InChI is InChI=1S/C75H121Cl2F3N12O12/c1-16-26-54-64(96)82-62(46(5)17-2)70(102)86(11)43-61(95)88(13)56-28-23-21-25-38-92(69(56)101)58(40-48-29-33-50(34-30-48)75(78,79)80)68(100)85(10)42-59(93)81-53(36-32-47-31-35-51(76)52(77)39-47)66(98)91-37-24-20-22-27-55(91)65(97)83-74(44-73(6,7)45-74)72(104)90(15)63(49(18-3)19-4)71(103)89(14)57(67(99)84(8)9)41-60(94)87(54)12/h21,23,46-58,62-63H,16-20,22,24-45H2,1-15H3,(H,81,93)(H,82,96)(H,83,97)/b23-21-/t46-,47?,48?,50?,51?,52?,53-,54-,55-,56-,57-,58-,62-,63-/m0/s1. The number of nitrogens with one attached hydrogen (secondary N) is 3. The number of carbonyl (C=O) groups excluding carboxylic acids is 12. The summed E-state index contributed by atoms with van der Waals surface area (Å²) in [5.74, 6) is -11.0. The van der Waals surface area contributed by atoms with Gasteiger partial charge in [0.2, 0.25) is 70.9 Å². The third kappa shape index (κ3) is 21.5. The van der Waals surface area contributed by atoms with Gasteiger partial charge in [-0.1, -0.05) is 99.1 Å². The van der Waals surface area contributed by atoms with Crippen LogP contribution in [-0.4, -0.2) is 268 Å². The number of nitrogens with zero attached hydrogens (tertiary/aromatic N) is 9. The molecule has 0 aromatic carbocycles. The zero-order valence-corrected chi connectivity index (χ0v) is 65.9. The summed E-state index contributed by atoms with van der Waals surface area (Å²) < 4.78 is 42.4. The van der Waals surface area contributed by atoms with Gasteiger partial charge in [-0.2, -0.15) is 13.2 Å². The summed E-state index contributed by atoms with van der Waals surface area (Å²) in [6.45, 7) is 11.8. The number of hydrogen-bond donors (Lipinski definition) is 3. The van der Waals surface area contributed by atoms with Crippen LogP contribution in [0, 0.1) is 35.0 Å². The van der Waals surface area contributed by atoms with Gasteiger partial charge < -0.3 is 60.0 Å². The third-order valence-electron chi connectivity index (χ3n) is 23.4. The number of fused-ring (bicyclic) bond motifs is 3. The van der Waals surface area contributed by atoms with Crippen molar-refractivity contribution < 1.29 is 70.7 Å². The van der Waals surface area contributed by atoms with E-state index in [0.29, 0.717) is 70.6 Å². The van der Waals surface area contributed by atoms with E-state index in [1.165, 1.54) is 90.7 Å². The Morgan fingerprint density at radius 3 is 1.85 bits per heavy atom. The normalized spacial score (nSPS) is 30.9. The maximum Gasteiger partial charge on any atom is 0.391 e. The van der Waals surface area contributed by atoms with Gasteiger partial charge in [0.1, 0.15) is 53.9 Å². The van der Waals surface area contributed by atoms with Gasteiger partial charge >= 0.3 is 6.18 Å². The number of rotatable bonds is 13. The molecule has 0 aromatic rings. The van der Waals surface area contributed by atoms with Crippen molar-refractivity contribution in [3.63, 3.8) is 0 Å². The smallest absolute Gasteiger partial charge is 0.347 e. The van der Waals surface area contributed by atoms with Gasteiger partial charge in [-0.15, -0.1) is 23.2 Å². The average molecular weight is 1510 g/mol. The van der Waals surface area contributed by atoms with Crippen LogP contribution in [0.2, 0.25) is 0 Å². The minimum absolute atomic E-state index is 0.000645. The molecule has 3 unspecified atom stereocenters. The first kappa shape index (κ1) is 86.7. The fourth-order valence-electron chi connectivity index (χ4n) is 16.8. The molecule has 6 aliphatic rings. The molecule has 3 aliphatic heterocycles. The van der Waals surface area contributed by atoms with Gasteiger partial charge in [0.25, 0.3) is 0 Å². The Bertz CT molecular complexity index is 3070. The number of hydrogen-bond acceptors (Lipinski definition) is 12. The number of alkyl halides is 5. The predicted octanol–water partition coefficient (Wildman–Crippen LogP) is 7.50. The fraction of sp³-hybridized carbons (Fsp3) is 0.813. The number of amides is 12. The van der Waals surface area contributed by atoms with E-state index in [2.05, 4.69) is 16.0 Å². The molecular weight excluding hydrogens is 1390 g/mol. The minimum atomic E-state index is -4.44. The first-order valence-corrected chi connectivity index (χ1v) is 38.9. The van der Waals surface area contributed by atoms with Gasteiger partial charge in [0, 0.05) is 74.8 Å². The summed E-state index contributed by atoms with van der Waals surface area (Å²) >= 11 is 13.3. The van der Waals surface area contributed by atoms with Crippen molar-refractivity contribution >= 4 is 94.1 Å². The molecule has 29 heteroatoms. The predicted molar refractivity (Wildman–Crippen MR) is 391 cm³/mol. The van der Waals surface area contributed by atoms with Crippen molar-refractivity contribution in [3.8, 4) is 0 Å². The zero-order chi connectivity index (χ0) is 77.6. The van der Waals surface area contributed by atoms with Crippen molar-refractivity contribution in [2.75, 3.05) is 82.6 Å². The molecule has 3 N–H and O–H groups in total. The van der Waals surface area contributed by atoms with Gasteiger partial charge in [-0.3, -0.25) is 57.5 Å². The Morgan fingerprint density at radius 1 is 0.625 bits per heavy atom. The molecule has 588 valence electrons. The molecule has 5 fully saturated rings. The number of likely N-dealkylation sites (N-methyl/N-ethyl adjacent to an activating group) is 7. The molecule has 12 atom stereocenters. The maximum absolute atomic E-state index is 15.8. The molecule has 3 saturated carbocycles. The molecule has 0 aromatic heterocycles. The van der Waals surface area contributed by atoms with Gasteiger partial charge in [0.05, 0.1) is 30.8 Å². The summed E-state index contributed by atoms with van der Waals surface area (Å²) in [4.78, 5) is 193. The summed E-state index contributed by atoms with van der Waals surface area (Å²) in [6, 6.07) is -10.2. The Hall–Kier alpha value is -6.25. The van der Waals surface area contributed by atoms with Crippen molar-refractivity contribution in [1.82, 2.24) is 60.0 Å². The van der Waals surface area contributed by atoms with Gasteiger partial charge in [-0.25, -0.2) is 0 Å². The van der Waals surface area contributed by atoms with Crippen molar-refractivity contribution in [3.05, 3.63) is 12.2 Å². The summed E-state index contributed by atoms with van der Waals surface area (Å²) in [5, 5.41) is 8.34. The maximum atomic E-state index is 15.8. The number of carbonyl (C=O) groups is 12. The molecule has 3 heterocycles. The average Bonchev–Trinajstić information content (AvgIpc) is 0.778. The lowest BCUT2D eigenvalue weighted by Gasteiger charge is -2.54. The van der Waals surface area contributed by atoms with Crippen LogP contribution in [0.4, 0.5) is 13.2 Å². The number of halogens is 5. The van der Waals surface area contributed by atoms with Gasteiger partial charge in [0.15, 0.2) is 0 Å². The van der Waals surface area contributed by atoms with Crippen LogP contribution in [0.25, 0.3) is 0 Å². The summed E-state index contributed by atoms with van der Waals surface area (Å²) in [7, 11) is 11.4. The highest BCUT2D eigenvalue weighted by atomic mass is 35.5. The quantitative estimate of drug-likeness (QED) is 0.119. The van der Waals surface area contributed by atoms with Crippen LogP contribution >= 0.6 is 23.2 Å². The Labute approximate surface area is 625 Å². The highest BCUT2D eigenvalue weighted by Gasteiger charge is 2.59. The summed E-state index contributed by atoms with van der Waals surface area (Å²) in [6.07, 6.45) is 4.57. The molecule has 0 radical (unpaired) electrons. The second-order valence-electron chi connectivity index (χ2n) is 31.9. The molecule has 12 amide bonds. The lowest BCUT2D eigenvalue weighted by atomic mass is 9.58. The molecule has 6 rings (SSSR count). The molecule has 3 aliphatic carbocycles. The monoisotopic (exact) mass is 1510 g/mol. The highest BCUT2D eigenvalue weighted by molar-refractivity contribution is 6.30. The Balaban J connectivity index is 1.48. The molecule has 24 nitrogen and oxygen atoms in total. The Morgan fingerprint density at radius 2 is 1.26 bits per heavy atom. The second-order valence-corrected chi connectivity index (χ2v) is 33.0. The van der Waals surface area contributed by atoms with Crippen LogP contribution in [0.5, 0.6) is 0 Å². The van der Waals surface area contributed by atoms with E-state index in [1.54, 1.807) is 26.0 Å². The van der Waals surface area contributed by atoms with E-state index in [1.807, 2.05) is 34.6 Å². The van der Waals surface area contributed by atoms with Crippen LogP contribution in [-0.2, 0) is 57.5 Å². The molecule has 2 saturated heterocycles. The lowest BCUT2D eigenvalue weighted by molar-refractivity contribution is -0.184. The molecule has 104 heavy (non-hydrogen) atoms. The third-order valence-corrected chi connectivity index (χ3v) is 24.5. The molecule has 2 bridgehead atoms. The lowest BCUT2D eigenvalue weighted by Crippen LogP contribution is -2.72. The van der Waals surface area contributed by atoms with E-state index < -0.39 is 180 Å². The topological polar surface area (TPSA) is 270 Å². The van der Waals surface area contributed by atoms with Crippen LogP contribution in [0.15, 0.2) is 12.2 Å². The van der Waals surface area contributed by atoms with E-state index in [9.17, 15) is 41.9 Å². The van der Waals surface area contributed by atoms with Crippen molar-refractivity contribution in [2.45, 2.75) is 273 Å². The van der Waals surface area contributed by atoms with Crippen LogP contribution in [0.1, 0.15) is 203 Å². The highest BCUT2D eigenvalue weighted by Crippen LogP contribution is 2.50. The summed E-state index contributed by atoms with van der Waals surface area (Å²) in [5.41, 5.74) is -2.09. The van der Waals surface area contributed by atoms with E-state index in [0.717, 1.165) is 9.80 Å². The van der Waals surface area contributed by atoms with E-state index >= 15 is 28.8 Å². The van der Waals surface area contributed by atoms with Crippen LogP contribution in [0.3, 0.4) is 0 Å². The molecule has 1 spiro atoms. The SMILES string of the molecule is CCC[C@H]1C(=O)N[C@@H]([C@@H](C)CC)C(=O)N(C)CC(=O)N(C)[C@H]2C/C=C\CCN(C2=O)[C@@H](CC2CCC(C(F)(F)F)CC2)C(=O)N(C)CC(=O)N[C@@H](CCC2CCC(Cl)C(Cl)C2)C(=O)N2CCCCC[C@H]2C(=O)NC2(CC(C)(C)C2)C(=O)N(C)[C@@H](C(CC)CC)C(=O)N(C)[C@H](C(=O)N(C)C)CC(=O)N1C. The largest absolute Gasteiger partial charge is 0.391 e. The van der Waals surface area contributed by atoms with Crippen LogP contribution < -0.4 is 16.0 Å².